The average molecular weight is 434 g/mol. The van der Waals surface area contributed by atoms with Crippen LogP contribution in [0, 0.1) is 12.8 Å². The molecule has 0 radical (unpaired) electrons. The fourth-order valence-electron chi connectivity index (χ4n) is 3.24. The van der Waals surface area contributed by atoms with Gasteiger partial charge in [-0.25, -0.2) is 4.98 Å². The Labute approximate surface area is 184 Å². The summed E-state index contributed by atoms with van der Waals surface area (Å²) < 4.78 is 5.71. The molecule has 0 aliphatic heterocycles. The van der Waals surface area contributed by atoms with Crippen molar-refractivity contribution >= 4 is 23.5 Å². The molecule has 2 heterocycles. The molecule has 0 atom stereocenters. The van der Waals surface area contributed by atoms with Gasteiger partial charge in [-0.2, -0.15) is 0 Å². The maximum Gasteiger partial charge on any atom is 0.323 e. The first-order chi connectivity index (χ1) is 15.4. The fraction of sp³-hybridized carbons (Fsp3) is 0.261. The molecule has 32 heavy (non-hydrogen) atoms. The maximum absolute atomic E-state index is 13.1. The number of hydrogen-bond acceptors (Lipinski definition) is 6. The number of anilines is 1. The molecule has 2 aromatic heterocycles. The van der Waals surface area contributed by atoms with Crippen molar-refractivity contribution in [1.29, 1.82) is 0 Å². The van der Waals surface area contributed by atoms with Gasteiger partial charge in [0.2, 0.25) is 11.8 Å². The number of oxazole rings is 1. The van der Waals surface area contributed by atoms with Gasteiger partial charge in [-0.3, -0.25) is 19.4 Å². The van der Waals surface area contributed by atoms with Crippen molar-refractivity contribution in [3.8, 4) is 11.5 Å². The van der Waals surface area contributed by atoms with E-state index in [0.29, 0.717) is 16.9 Å². The molecular weight excluding hydrogens is 412 g/mol. The number of nitrogens with one attached hydrogen (secondary N) is 1. The molecule has 0 unspecified atom stereocenters. The van der Waals surface area contributed by atoms with E-state index in [1.54, 1.807) is 55.6 Å². The highest BCUT2D eigenvalue weighted by atomic mass is 16.4. The summed E-state index contributed by atoms with van der Waals surface area (Å²) in [6.45, 7) is 1.12. The molecule has 2 amide bonds. The molecule has 0 spiro atoms. The van der Waals surface area contributed by atoms with E-state index >= 15 is 0 Å². The second kappa shape index (κ2) is 9.01. The smallest absolute Gasteiger partial charge is 0.323 e. The lowest BCUT2D eigenvalue weighted by Gasteiger charge is -2.19. The van der Waals surface area contributed by atoms with Crippen molar-refractivity contribution in [3.63, 3.8) is 0 Å². The van der Waals surface area contributed by atoms with Gasteiger partial charge in [0, 0.05) is 23.4 Å². The molecule has 9 heteroatoms. The predicted octanol–water partition coefficient (Wildman–Crippen LogP) is 3.12. The largest absolute Gasteiger partial charge is 0.480 e. The summed E-state index contributed by atoms with van der Waals surface area (Å²) in [6, 6.07) is 12.2. The van der Waals surface area contributed by atoms with Crippen LogP contribution in [-0.4, -0.2) is 44.3 Å². The Morgan fingerprint density at radius 1 is 1.19 bits per heavy atom. The van der Waals surface area contributed by atoms with E-state index in [-0.39, 0.29) is 35.7 Å². The average Bonchev–Trinajstić information content (AvgIpc) is 3.55. The van der Waals surface area contributed by atoms with Crippen molar-refractivity contribution < 1.29 is 23.9 Å². The van der Waals surface area contributed by atoms with Crippen LogP contribution in [0.15, 0.2) is 53.1 Å². The standard InChI is InChI=1S/C23H22N4O5/c1-14-20(23(31)27(13-19(28)29)12-18-6-2-3-10-24-18)26-22(32-14)16-5-4-7-17(11-16)25-21(30)15-8-9-15/h2-7,10-11,15H,8-9,12-13H2,1H3,(H,25,30)(H,28,29). The Balaban J connectivity index is 1.56. The number of rotatable bonds is 8. The molecule has 4 rings (SSSR count). The van der Waals surface area contributed by atoms with E-state index in [4.69, 9.17) is 4.42 Å². The van der Waals surface area contributed by atoms with Gasteiger partial charge in [0.25, 0.3) is 5.91 Å². The summed E-state index contributed by atoms with van der Waals surface area (Å²) in [6.07, 6.45) is 3.38. The first-order valence-corrected chi connectivity index (χ1v) is 10.2. The minimum atomic E-state index is -1.14. The van der Waals surface area contributed by atoms with Gasteiger partial charge in [0.15, 0.2) is 5.69 Å². The third kappa shape index (κ3) is 5.00. The van der Waals surface area contributed by atoms with E-state index in [1.165, 1.54) is 0 Å². The second-order valence-electron chi connectivity index (χ2n) is 7.64. The van der Waals surface area contributed by atoms with Gasteiger partial charge in [-0.05, 0) is 50.1 Å². The Hall–Kier alpha value is -4.01. The van der Waals surface area contributed by atoms with Crippen molar-refractivity contribution in [2.75, 3.05) is 11.9 Å². The maximum atomic E-state index is 13.1. The molecule has 9 nitrogen and oxygen atoms in total. The number of aromatic nitrogens is 2. The molecule has 3 aromatic rings. The number of carboxylic acids is 1. The minimum Gasteiger partial charge on any atom is -0.480 e. The molecule has 1 aromatic carbocycles. The van der Waals surface area contributed by atoms with Gasteiger partial charge < -0.3 is 19.7 Å². The summed E-state index contributed by atoms with van der Waals surface area (Å²) in [7, 11) is 0. The van der Waals surface area contributed by atoms with Crippen LogP contribution in [0.1, 0.15) is 34.8 Å². The molecule has 164 valence electrons. The first kappa shape index (κ1) is 21.2. The number of nitrogens with zero attached hydrogens (tertiary/aromatic N) is 3. The molecule has 1 saturated carbocycles. The molecule has 0 saturated heterocycles. The second-order valence-corrected chi connectivity index (χ2v) is 7.64. The Morgan fingerprint density at radius 3 is 2.69 bits per heavy atom. The van der Waals surface area contributed by atoms with Crippen LogP contribution in [0.25, 0.3) is 11.5 Å². The van der Waals surface area contributed by atoms with Gasteiger partial charge in [-0.15, -0.1) is 0 Å². The van der Waals surface area contributed by atoms with E-state index in [2.05, 4.69) is 15.3 Å². The number of aliphatic carboxylic acids is 1. The lowest BCUT2D eigenvalue weighted by molar-refractivity contribution is -0.137. The summed E-state index contributed by atoms with van der Waals surface area (Å²) in [5, 5.41) is 12.1. The fourth-order valence-corrected chi connectivity index (χ4v) is 3.24. The van der Waals surface area contributed by atoms with Gasteiger partial charge in [-0.1, -0.05) is 12.1 Å². The van der Waals surface area contributed by atoms with Crippen molar-refractivity contribution in [1.82, 2.24) is 14.9 Å². The van der Waals surface area contributed by atoms with Crippen LogP contribution in [0.5, 0.6) is 0 Å². The highest BCUT2D eigenvalue weighted by molar-refractivity contribution is 5.96. The van der Waals surface area contributed by atoms with Crippen LogP contribution in [0.4, 0.5) is 5.69 Å². The van der Waals surface area contributed by atoms with Crippen molar-refractivity contribution in [2.24, 2.45) is 5.92 Å². The van der Waals surface area contributed by atoms with Gasteiger partial charge in [0.05, 0.1) is 12.2 Å². The number of hydrogen-bond donors (Lipinski definition) is 2. The third-order valence-corrected chi connectivity index (χ3v) is 5.02. The van der Waals surface area contributed by atoms with E-state index in [9.17, 15) is 19.5 Å². The Kier molecular flexibility index (Phi) is 5.98. The lowest BCUT2D eigenvalue weighted by atomic mass is 10.2. The van der Waals surface area contributed by atoms with Crippen molar-refractivity contribution in [2.45, 2.75) is 26.3 Å². The minimum absolute atomic E-state index is 0.0135. The number of pyridine rings is 1. The normalized spacial score (nSPS) is 12.9. The molecule has 1 aliphatic rings. The third-order valence-electron chi connectivity index (χ3n) is 5.02. The number of aryl methyl sites for hydroxylation is 1. The van der Waals surface area contributed by atoms with Crippen LogP contribution < -0.4 is 5.32 Å². The topological polar surface area (TPSA) is 126 Å². The van der Waals surface area contributed by atoms with Gasteiger partial charge in [0.1, 0.15) is 12.3 Å². The number of carboxylic acid groups (broad SMARTS) is 1. The quantitative estimate of drug-likeness (QED) is 0.558. The highest BCUT2D eigenvalue weighted by Crippen LogP contribution is 2.31. The summed E-state index contributed by atoms with van der Waals surface area (Å²) in [4.78, 5) is 46.1. The van der Waals surface area contributed by atoms with Crippen LogP contribution >= 0.6 is 0 Å². The number of benzene rings is 1. The monoisotopic (exact) mass is 434 g/mol. The predicted molar refractivity (Wildman–Crippen MR) is 115 cm³/mol. The molecule has 2 N–H and O–H groups in total. The first-order valence-electron chi connectivity index (χ1n) is 10.2. The Morgan fingerprint density at radius 2 is 2.00 bits per heavy atom. The van der Waals surface area contributed by atoms with Gasteiger partial charge >= 0.3 is 5.97 Å². The summed E-state index contributed by atoms with van der Waals surface area (Å²) in [5.74, 6) is -1.17. The molecule has 1 aliphatic carbocycles. The zero-order valence-electron chi connectivity index (χ0n) is 17.4. The van der Waals surface area contributed by atoms with Crippen LogP contribution in [0.3, 0.4) is 0 Å². The number of amides is 2. The summed E-state index contributed by atoms with van der Waals surface area (Å²) >= 11 is 0. The zero-order valence-corrected chi connectivity index (χ0v) is 17.4. The summed E-state index contributed by atoms with van der Waals surface area (Å²) in [5.41, 5.74) is 1.80. The highest BCUT2D eigenvalue weighted by Gasteiger charge is 2.30. The number of carbonyl (C=O) groups is 3. The zero-order chi connectivity index (χ0) is 22.7. The molecule has 1 fully saturated rings. The van der Waals surface area contributed by atoms with E-state index in [1.807, 2.05) is 0 Å². The Bertz CT molecular complexity index is 1150. The molecule has 0 bridgehead atoms. The SMILES string of the molecule is Cc1oc(-c2cccc(NC(=O)C3CC3)c2)nc1C(=O)N(CC(=O)O)Cc1ccccn1. The van der Waals surface area contributed by atoms with E-state index in [0.717, 1.165) is 17.7 Å². The van der Waals surface area contributed by atoms with Crippen LogP contribution in [0.2, 0.25) is 0 Å². The number of carbonyl (C=O) groups excluding carboxylic acids is 2. The lowest BCUT2D eigenvalue weighted by Crippen LogP contribution is -2.36. The van der Waals surface area contributed by atoms with Crippen LogP contribution in [-0.2, 0) is 16.1 Å². The van der Waals surface area contributed by atoms with E-state index < -0.39 is 18.4 Å². The molecular formula is C23H22N4O5. The van der Waals surface area contributed by atoms with Crippen molar-refractivity contribution in [3.05, 3.63) is 65.8 Å².